The molecule has 0 amide bonds. The number of nitriles is 1. The zero-order chi connectivity index (χ0) is 11.5. The predicted octanol–water partition coefficient (Wildman–Crippen LogP) is 2.14. The van der Waals surface area contributed by atoms with Gasteiger partial charge in [0.05, 0.1) is 10.6 Å². The Morgan fingerprint density at radius 1 is 1.56 bits per heavy atom. The number of benzene rings is 1. The summed E-state index contributed by atoms with van der Waals surface area (Å²) in [6.07, 6.45) is 2.30. The quantitative estimate of drug-likeness (QED) is 0.855. The topological polar surface area (TPSA) is 53.0 Å². The highest BCUT2D eigenvalue weighted by Gasteiger charge is 2.23. The molecule has 0 aromatic heterocycles. The molecule has 0 bridgehead atoms. The summed E-state index contributed by atoms with van der Waals surface area (Å²) in [5, 5.41) is 9.32. The molecule has 1 aliphatic heterocycles. The summed E-state index contributed by atoms with van der Waals surface area (Å²) >= 11 is 6.02. The van der Waals surface area contributed by atoms with Crippen LogP contribution in [0.5, 0.6) is 0 Å². The molecule has 0 aliphatic carbocycles. The van der Waals surface area contributed by atoms with E-state index in [1.165, 1.54) is 6.42 Å². The van der Waals surface area contributed by atoms with E-state index in [9.17, 15) is 0 Å². The molecule has 1 aromatic rings. The standard InChI is InChI=1S/C12H14ClN3/c13-12-6-10(4-3-9(12)7-14)16-5-1-2-11(16)8-15/h3-4,6,11H,1-2,5,8,15H2. The van der Waals surface area contributed by atoms with Crippen LogP contribution in [-0.4, -0.2) is 19.1 Å². The minimum absolute atomic E-state index is 0.406. The van der Waals surface area contributed by atoms with Gasteiger partial charge in [0, 0.05) is 24.8 Å². The van der Waals surface area contributed by atoms with Crippen LogP contribution in [0.1, 0.15) is 18.4 Å². The number of rotatable bonds is 2. The molecule has 1 saturated heterocycles. The normalized spacial score (nSPS) is 19.8. The van der Waals surface area contributed by atoms with Crippen LogP contribution in [0, 0.1) is 11.3 Å². The molecule has 16 heavy (non-hydrogen) atoms. The Hall–Kier alpha value is -1.24. The van der Waals surface area contributed by atoms with E-state index in [1.807, 2.05) is 12.1 Å². The Bertz CT molecular complexity index is 425. The lowest BCUT2D eigenvalue weighted by Crippen LogP contribution is -2.35. The number of anilines is 1. The lowest BCUT2D eigenvalue weighted by atomic mass is 10.2. The largest absolute Gasteiger partial charge is 0.367 e. The second kappa shape index (κ2) is 4.73. The van der Waals surface area contributed by atoms with Crippen molar-refractivity contribution in [3.63, 3.8) is 0 Å². The SMILES string of the molecule is N#Cc1ccc(N2CCCC2CN)cc1Cl. The van der Waals surface area contributed by atoms with Crippen molar-refractivity contribution in [1.29, 1.82) is 5.26 Å². The highest BCUT2D eigenvalue weighted by molar-refractivity contribution is 6.32. The zero-order valence-corrected chi connectivity index (χ0v) is 9.74. The fourth-order valence-electron chi connectivity index (χ4n) is 2.19. The molecular formula is C12H14ClN3. The van der Waals surface area contributed by atoms with Crippen molar-refractivity contribution in [3.05, 3.63) is 28.8 Å². The first-order chi connectivity index (χ1) is 7.76. The van der Waals surface area contributed by atoms with E-state index in [1.54, 1.807) is 6.07 Å². The first-order valence-electron chi connectivity index (χ1n) is 5.42. The molecule has 1 heterocycles. The minimum atomic E-state index is 0.406. The third kappa shape index (κ3) is 1.99. The second-order valence-corrected chi connectivity index (χ2v) is 4.41. The van der Waals surface area contributed by atoms with Gasteiger partial charge < -0.3 is 10.6 Å². The smallest absolute Gasteiger partial charge is 0.101 e. The van der Waals surface area contributed by atoms with Crippen LogP contribution in [0.4, 0.5) is 5.69 Å². The summed E-state index contributed by atoms with van der Waals surface area (Å²) in [6, 6.07) is 8.04. The predicted molar refractivity (Wildman–Crippen MR) is 65.6 cm³/mol. The van der Waals surface area contributed by atoms with Crippen LogP contribution >= 0.6 is 11.6 Å². The van der Waals surface area contributed by atoms with Crippen LogP contribution in [0.25, 0.3) is 0 Å². The van der Waals surface area contributed by atoms with Gasteiger partial charge in [0.2, 0.25) is 0 Å². The van der Waals surface area contributed by atoms with Crippen molar-refractivity contribution in [2.24, 2.45) is 5.73 Å². The van der Waals surface area contributed by atoms with Gasteiger partial charge in [0.1, 0.15) is 6.07 Å². The van der Waals surface area contributed by atoms with Gasteiger partial charge in [-0.25, -0.2) is 0 Å². The molecular weight excluding hydrogens is 222 g/mol. The van der Waals surface area contributed by atoms with Crippen LogP contribution < -0.4 is 10.6 Å². The van der Waals surface area contributed by atoms with Crippen molar-refractivity contribution in [3.8, 4) is 6.07 Å². The highest BCUT2D eigenvalue weighted by atomic mass is 35.5. The molecule has 0 spiro atoms. The monoisotopic (exact) mass is 235 g/mol. The first kappa shape index (κ1) is 11.3. The summed E-state index contributed by atoms with van der Waals surface area (Å²) in [5.41, 5.74) is 7.32. The third-order valence-corrected chi connectivity index (χ3v) is 3.37. The van der Waals surface area contributed by atoms with E-state index < -0.39 is 0 Å². The van der Waals surface area contributed by atoms with E-state index in [-0.39, 0.29) is 0 Å². The Labute approximate surface area is 100 Å². The average molecular weight is 236 g/mol. The summed E-state index contributed by atoms with van der Waals surface area (Å²) in [7, 11) is 0. The zero-order valence-electron chi connectivity index (χ0n) is 8.99. The van der Waals surface area contributed by atoms with Crippen molar-refractivity contribution in [2.75, 3.05) is 18.0 Å². The molecule has 3 nitrogen and oxygen atoms in total. The Balaban J connectivity index is 2.28. The minimum Gasteiger partial charge on any atom is -0.367 e. The third-order valence-electron chi connectivity index (χ3n) is 3.05. The van der Waals surface area contributed by atoms with Gasteiger partial charge in [-0.15, -0.1) is 0 Å². The van der Waals surface area contributed by atoms with E-state index in [4.69, 9.17) is 22.6 Å². The molecule has 0 radical (unpaired) electrons. The lowest BCUT2D eigenvalue weighted by Gasteiger charge is -2.25. The Kier molecular flexibility index (Phi) is 3.33. The number of hydrogen-bond donors (Lipinski definition) is 1. The molecule has 1 aliphatic rings. The molecule has 2 N–H and O–H groups in total. The molecule has 4 heteroatoms. The maximum Gasteiger partial charge on any atom is 0.101 e. The van der Waals surface area contributed by atoms with Crippen LogP contribution in [0.15, 0.2) is 18.2 Å². The summed E-state index contributed by atoms with van der Waals surface area (Å²) < 4.78 is 0. The fraction of sp³-hybridized carbons (Fsp3) is 0.417. The molecule has 0 saturated carbocycles. The summed E-state index contributed by atoms with van der Waals surface area (Å²) in [4.78, 5) is 2.27. The fourth-order valence-corrected chi connectivity index (χ4v) is 2.41. The van der Waals surface area contributed by atoms with Gasteiger partial charge in [-0.3, -0.25) is 0 Å². The summed E-state index contributed by atoms with van der Waals surface area (Å²) in [6.45, 7) is 1.68. The van der Waals surface area contributed by atoms with E-state index in [2.05, 4.69) is 11.0 Å². The average Bonchev–Trinajstić information content (AvgIpc) is 2.77. The molecule has 1 atom stereocenters. The van der Waals surface area contributed by atoms with Gasteiger partial charge in [-0.05, 0) is 31.0 Å². The van der Waals surface area contributed by atoms with E-state index >= 15 is 0 Å². The number of nitrogens with zero attached hydrogens (tertiary/aromatic N) is 2. The number of halogens is 1. The van der Waals surface area contributed by atoms with Crippen molar-refractivity contribution in [2.45, 2.75) is 18.9 Å². The maximum absolute atomic E-state index is 8.80. The van der Waals surface area contributed by atoms with Gasteiger partial charge >= 0.3 is 0 Å². The van der Waals surface area contributed by atoms with Gasteiger partial charge in [-0.1, -0.05) is 11.6 Å². The molecule has 1 unspecified atom stereocenters. The van der Waals surface area contributed by atoms with Crippen LogP contribution in [0.3, 0.4) is 0 Å². The molecule has 2 rings (SSSR count). The van der Waals surface area contributed by atoms with Crippen molar-refractivity contribution in [1.82, 2.24) is 0 Å². The van der Waals surface area contributed by atoms with Gasteiger partial charge in [0.15, 0.2) is 0 Å². The van der Waals surface area contributed by atoms with E-state index in [0.29, 0.717) is 23.2 Å². The van der Waals surface area contributed by atoms with Gasteiger partial charge in [-0.2, -0.15) is 5.26 Å². The first-order valence-corrected chi connectivity index (χ1v) is 5.80. The van der Waals surface area contributed by atoms with Crippen LogP contribution in [-0.2, 0) is 0 Å². The van der Waals surface area contributed by atoms with Crippen molar-refractivity contribution >= 4 is 17.3 Å². The Morgan fingerprint density at radius 3 is 3.00 bits per heavy atom. The Morgan fingerprint density at radius 2 is 2.38 bits per heavy atom. The molecule has 1 fully saturated rings. The molecule has 84 valence electrons. The number of nitrogens with two attached hydrogens (primary N) is 1. The van der Waals surface area contributed by atoms with E-state index in [0.717, 1.165) is 18.7 Å². The summed E-state index contributed by atoms with van der Waals surface area (Å²) in [5.74, 6) is 0. The van der Waals surface area contributed by atoms with Crippen molar-refractivity contribution < 1.29 is 0 Å². The van der Waals surface area contributed by atoms with Gasteiger partial charge in [0.25, 0.3) is 0 Å². The maximum atomic E-state index is 8.80. The lowest BCUT2D eigenvalue weighted by molar-refractivity contribution is 0.677. The molecule has 1 aromatic carbocycles. The number of hydrogen-bond acceptors (Lipinski definition) is 3. The highest BCUT2D eigenvalue weighted by Crippen LogP contribution is 2.28. The van der Waals surface area contributed by atoms with Crippen LogP contribution in [0.2, 0.25) is 5.02 Å². The second-order valence-electron chi connectivity index (χ2n) is 4.00.